The highest BCUT2D eigenvalue weighted by atomic mass is 32.1. The molecule has 3 rings (SSSR count). The molecule has 2 atom stereocenters. The Kier molecular flexibility index (Phi) is 3.80. The second-order valence-electron chi connectivity index (χ2n) is 4.97. The third-order valence-corrected chi connectivity index (χ3v) is 4.62. The highest BCUT2D eigenvalue weighted by Gasteiger charge is 2.14. The number of fused-ring (bicyclic) bond motifs is 1. The zero-order chi connectivity index (χ0) is 13.9. The van der Waals surface area contributed by atoms with E-state index in [-0.39, 0.29) is 0 Å². The van der Waals surface area contributed by atoms with E-state index in [2.05, 4.69) is 47.4 Å². The number of hydrogen-bond donors (Lipinski definition) is 1. The Morgan fingerprint density at radius 1 is 1.25 bits per heavy atom. The van der Waals surface area contributed by atoms with Crippen LogP contribution in [-0.4, -0.2) is 20.8 Å². The SMILES string of the molecule is C[C@H](NCc1nc2ccccc2s1)[C@@H](C)n1cccn1. The van der Waals surface area contributed by atoms with Gasteiger partial charge in [-0.15, -0.1) is 11.3 Å². The maximum atomic E-state index is 4.64. The fourth-order valence-electron chi connectivity index (χ4n) is 2.17. The Hall–Kier alpha value is -1.72. The van der Waals surface area contributed by atoms with Crippen molar-refractivity contribution in [2.45, 2.75) is 32.5 Å². The highest BCUT2D eigenvalue weighted by Crippen LogP contribution is 2.21. The Balaban J connectivity index is 1.64. The number of para-hydroxylation sites is 1. The van der Waals surface area contributed by atoms with E-state index < -0.39 is 0 Å². The molecule has 20 heavy (non-hydrogen) atoms. The Morgan fingerprint density at radius 3 is 2.85 bits per heavy atom. The van der Waals surface area contributed by atoms with E-state index in [0.29, 0.717) is 12.1 Å². The lowest BCUT2D eigenvalue weighted by Gasteiger charge is -2.21. The van der Waals surface area contributed by atoms with Gasteiger partial charge in [0.25, 0.3) is 0 Å². The fraction of sp³-hybridized carbons (Fsp3) is 0.333. The predicted octanol–water partition coefficient (Wildman–Crippen LogP) is 3.23. The third kappa shape index (κ3) is 2.73. The van der Waals surface area contributed by atoms with Crippen LogP contribution in [0.3, 0.4) is 0 Å². The monoisotopic (exact) mass is 286 g/mol. The van der Waals surface area contributed by atoms with Crippen LogP contribution >= 0.6 is 11.3 Å². The second-order valence-corrected chi connectivity index (χ2v) is 6.09. The molecule has 0 unspecified atom stereocenters. The summed E-state index contributed by atoms with van der Waals surface area (Å²) in [6, 6.07) is 10.9. The smallest absolute Gasteiger partial charge is 0.108 e. The summed E-state index contributed by atoms with van der Waals surface area (Å²) in [6.07, 6.45) is 3.82. The fourth-order valence-corrected chi connectivity index (χ4v) is 3.08. The van der Waals surface area contributed by atoms with Crippen molar-refractivity contribution in [1.82, 2.24) is 20.1 Å². The molecular formula is C15H18N4S. The molecule has 3 aromatic rings. The minimum absolute atomic E-state index is 0.319. The summed E-state index contributed by atoms with van der Waals surface area (Å²) < 4.78 is 3.23. The summed E-state index contributed by atoms with van der Waals surface area (Å²) in [5.74, 6) is 0. The summed E-state index contributed by atoms with van der Waals surface area (Å²) in [5.41, 5.74) is 1.09. The molecule has 0 aliphatic heterocycles. The first-order valence-electron chi connectivity index (χ1n) is 6.81. The molecule has 0 spiro atoms. The van der Waals surface area contributed by atoms with Crippen molar-refractivity contribution in [3.63, 3.8) is 0 Å². The summed E-state index contributed by atoms with van der Waals surface area (Å²) in [6.45, 7) is 5.15. The van der Waals surface area contributed by atoms with Gasteiger partial charge >= 0.3 is 0 Å². The summed E-state index contributed by atoms with van der Waals surface area (Å²) in [7, 11) is 0. The number of nitrogens with zero attached hydrogens (tertiary/aromatic N) is 3. The van der Waals surface area contributed by atoms with Gasteiger partial charge in [0.15, 0.2) is 0 Å². The van der Waals surface area contributed by atoms with Gasteiger partial charge in [-0.05, 0) is 32.0 Å². The molecule has 0 saturated carbocycles. The Morgan fingerprint density at radius 2 is 2.10 bits per heavy atom. The van der Waals surface area contributed by atoms with Gasteiger partial charge in [0.05, 0.1) is 16.3 Å². The van der Waals surface area contributed by atoms with Crippen molar-refractivity contribution in [3.05, 3.63) is 47.7 Å². The molecule has 0 fully saturated rings. The molecule has 0 bridgehead atoms. The van der Waals surface area contributed by atoms with Crippen LogP contribution in [0.15, 0.2) is 42.7 Å². The van der Waals surface area contributed by atoms with E-state index in [1.807, 2.05) is 29.2 Å². The largest absolute Gasteiger partial charge is 0.306 e. The van der Waals surface area contributed by atoms with Crippen LogP contribution in [0.5, 0.6) is 0 Å². The molecule has 0 saturated heterocycles. The molecule has 0 amide bonds. The molecule has 2 aromatic heterocycles. The quantitative estimate of drug-likeness (QED) is 0.783. The molecule has 1 aromatic carbocycles. The van der Waals surface area contributed by atoms with Crippen LogP contribution in [0, 0.1) is 0 Å². The van der Waals surface area contributed by atoms with Crippen molar-refractivity contribution in [2.75, 3.05) is 0 Å². The maximum absolute atomic E-state index is 4.64. The number of aromatic nitrogens is 3. The molecule has 2 heterocycles. The molecule has 0 radical (unpaired) electrons. The van der Waals surface area contributed by atoms with Crippen molar-refractivity contribution >= 4 is 21.6 Å². The Bertz CT molecular complexity index is 641. The summed E-state index contributed by atoms with van der Waals surface area (Å²) in [4.78, 5) is 4.64. The third-order valence-electron chi connectivity index (χ3n) is 3.58. The predicted molar refractivity (Wildman–Crippen MR) is 82.9 cm³/mol. The molecule has 5 heteroatoms. The highest BCUT2D eigenvalue weighted by molar-refractivity contribution is 7.18. The number of thiazole rings is 1. The van der Waals surface area contributed by atoms with Crippen molar-refractivity contribution in [1.29, 1.82) is 0 Å². The molecule has 0 aliphatic rings. The van der Waals surface area contributed by atoms with Gasteiger partial charge in [-0.3, -0.25) is 4.68 Å². The maximum Gasteiger partial charge on any atom is 0.108 e. The molecular weight excluding hydrogens is 268 g/mol. The first-order chi connectivity index (χ1) is 9.74. The first-order valence-corrected chi connectivity index (χ1v) is 7.62. The van der Waals surface area contributed by atoms with Crippen LogP contribution in [-0.2, 0) is 6.54 Å². The Labute approximate surface area is 122 Å². The van der Waals surface area contributed by atoms with Gasteiger partial charge in [-0.1, -0.05) is 12.1 Å². The number of nitrogens with one attached hydrogen (secondary N) is 1. The van der Waals surface area contributed by atoms with E-state index in [4.69, 9.17) is 0 Å². The minimum Gasteiger partial charge on any atom is -0.306 e. The van der Waals surface area contributed by atoms with Gasteiger partial charge < -0.3 is 5.32 Å². The van der Waals surface area contributed by atoms with Crippen molar-refractivity contribution in [3.8, 4) is 0 Å². The normalized spacial score (nSPS) is 14.5. The lowest BCUT2D eigenvalue weighted by Crippen LogP contribution is -2.33. The summed E-state index contributed by atoms with van der Waals surface area (Å²) in [5, 5.41) is 8.96. The lowest BCUT2D eigenvalue weighted by atomic mass is 10.2. The second kappa shape index (κ2) is 5.73. The van der Waals surface area contributed by atoms with E-state index in [9.17, 15) is 0 Å². The average Bonchev–Trinajstić information content (AvgIpc) is 3.12. The average molecular weight is 286 g/mol. The van der Waals surface area contributed by atoms with Crippen LogP contribution in [0.1, 0.15) is 24.9 Å². The molecule has 0 aliphatic carbocycles. The van der Waals surface area contributed by atoms with Gasteiger partial charge in [0, 0.05) is 25.0 Å². The van der Waals surface area contributed by atoms with E-state index in [1.165, 1.54) is 4.70 Å². The van der Waals surface area contributed by atoms with Crippen LogP contribution in [0.4, 0.5) is 0 Å². The lowest BCUT2D eigenvalue weighted by molar-refractivity contribution is 0.365. The first kappa shape index (κ1) is 13.3. The standard InChI is InChI=1S/C15H18N4S/c1-11(12(2)19-9-5-8-17-19)16-10-15-18-13-6-3-4-7-14(13)20-15/h3-9,11-12,16H,10H2,1-2H3/t11-,12+/m0/s1. The van der Waals surface area contributed by atoms with E-state index in [1.54, 1.807) is 11.3 Å². The molecule has 1 N–H and O–H groups in total. The zero-order valence-electron chi connectivity index (χ0n) is 11.7. The van der Waals surface area contributed by atoms with Crippen LogP contribution < -0.4 is 5.32 Å². The van der Waals surface area contributed by atoms with Crippen molar-refractivity contribution in [2.24, 2.45) is 0 Å². The molecule has 4 nitrogen and oxygen atoms in total. The van der Waals surface area contributed by atoms with Crippen LogP contribution in [0.25, 0.3) is 10.2 Å². The number of rotatable bonds is 5. The van der Waals surface area contributed by atoms with E-state index in [0.717, 1.165) is 17.1 Å². The van der Waals surface area contributed by atoms with Crippen molar-refractivity contribution < 1.29 is 0 Å². The van der Waals surface area contributed by atoms with Crippen LogP contribution in [0.2, 0.25) is 0 Å². The van der Waals surface area contributed by atoms with Gasteiger partial charge in [-0.25, -0.2) is 4.98 Å². The summed E-state index contributed by atoms with van der Waals surface area (Å²) >= 11 is 1.75. The zero-order valence-corrected chi connectivity index (χ0v) is 12.5. The van der Waals surface area contributed by atoms with Gasteiger partial charge in [-0.2, -0.15) is 5.10 Å². The number of hydrogen-bond acceptors (Lipinski definition) is 4. The molecule has 104 valence electrons. The van der Waals surface area contributed by atoms with Gasteiger partial charge in [0.1, 0.15) is 5.01 Å². The van der Waals surface area contributed by atoms with Gasteiger partial charge in [0.2, 0.25) is 0 Å². The minimum atomic E-state index is 0.319. The number of benzene rings is 1. The van der Waals surface area contributed by atoms with E-state index >= 15 is 0 Å². The topological polar surface area (TPSA) is 42.7 Å².